The van der Waals surface area contributed by atoms with E-state index in [1.807, 2.05) is 12.1 Å². The molecule has 0 aromatic heterocycles. The van der Waals surface area contributed by atoms with E-state index in [1.54, 1.807) is 0 Å². The van der Waals surface area contributed by atoms with Crippen LogP contribution in [0.15, 0.2) is 42.5 Å². The minimum Gasteiger partial charge on any atom is -0.389 e. The minimum absolute atomic E-state index is 0.282. The highest BCUT2D eigenvalue weighted by molar-refractivity contribution is 5.15. The van der Waals surface area contributed by atoms with Gasteiger partial charge in [-0.1, -0.05) is 56.3 Å². The van der Waals surface area contributed by atoms with Crippen molar-refractivity contribution in [2.75, 3.05) is 0 Å². The van der Waals surface area contributed by atoms with Gasteiger partial charge in [-0.3, -0.25) is 0 Å². The molecule has 1 unspecified atom stereocenters. The van der Waals surface area contributed by atoms with Gasteiger partial charge in [-0.05, 0) is 30.7 Å². The van der Waals surface area contributed by atoms with E-state index in [4.69, 9.17) is 0 Å². The molecule has 1 nitrogen and oxygen atoms in total. The van der Waals surface area contributed by atoms with Gasteiger partial charge in [0.2, 0.25) is 0 Å². The van der Waals surface area contributed by atoms with Gasteiger partial charge in [-0.15, -0.1) is 0 Å². The lowest BCUT2D eigenvalue weighted by Crippen LogP contribution is -2.05. The summed E-state index contributed by atoms with van der Waals surface area (Å²) in [5.74, 6) is 0.550. The maximum atomic E-state index is 9.63. The molecule has 0 saturated heterocycles. The molecule has 1 atom stereocenters. The summed E-state index contributed by atoms with van der Waals surface area (Å²) in [6.45, 7) is 4.25. The molecule has 0 aliphatic carbocycles. The first kappa shape index (κ1) is 13.0. The highest BCUT2D eigenvalue weighted by atomic mass is 16.3. The van der Waals surface area contributed by atoms with Gasteiger partial charge in [0.05, 0.1) is 6.10 Å². The number of aryl methyl sites for hydroxylation is 1. The second-order valence-electron chi connectivity index (χ2n) is 4.65. The maximum Gasteiger partial charge on any atom is 0.0723 e. The number of hydrogen-bond acceptors (Lipinski definition) is 1. The van der Waals surface area contributed by atoms with Gasteiger partial charge in [0.15, 0.2) is 0 Å². The van der Waals surface area contributed by atoms with Crippen molar-refractivity contribution >= 4 is 0 Å². The molecule has 0 fully saturated rings. The number of aliphatic hydroxyl groups is 1. The normalized spacial score (nSPS) is 13.5. The molecule has 0 amide bonds. The monoisotopic (exact) mass is 218 g/mol. The number of rotatable bonds is 6. The highest BCUT2D eigenvalue weighted by Crippen LogP contribution is 2.07. The molecule has 1 heteroatoms. The van der Waals surface area contributed by atoms with Crippen LogP contribution >= 0.6 is 0 Å². The summed E-state index contributed by atoms with van der Waals surface area (Å²) in [5, 5.41) is 9.63. The highest BCUT2D eigenvalue weighted by Gasteiger charge is 2.01. The number of aliphatic hydroxyl groups excluding tert-OH is 1. The van der Waals surface area contributed by atoms with Crippen LogP contribution in [0.2, 0.25) is 0 Å². The van der Waals surface area contributed by atoms with E-state index in [0.717, 1.165) is 19.3 Å². The maximum absolute atomic E-state index is 9.63. The van der Waals surface area contributed by atoms with Crippen LogP contribution in [0.1, 0.15) is 32.3 Å². The number of hydrogen-bond donors (Lipinski definition) is 1. The van der Waals surface area contributed by atoms with E-state index in [9.17, 15) is 5.11 Å². The zero-order valence-electron chi connectivity index (χ0n) is 10.3. The van der Waals surface area contributed by atoms with Crippen molar-refractivity contribution < 1.29 is 5.11 Å². The van der Waals surface area contributed by atoms with Gasteiger partial charge in [-0.25, -0.2) is 0 Å². The van der Waals surface area contributed by atoms with Gasteiger partial charge in [0.25, 0.3) is 0 Å². The third-order valence-corrected chi connectivity index (χ3v) is 2.51. The van der Waals surface area contributed by atoms with E-state index >= 15 is 0 Å². The fraction of sp³-hybridized carbons (Fsp3) is 0.467. The molecule has 1 N–H and O–H groups in total. The fourth-order valence-electron chi connectivity index (χ4n) is 1.71. The van der Waals surface area contributed by atoms with Crippen molar-refractivity contribution in [2.24, 2.45) is 5.92 Å². The largest absolute Gasteiger partial charge is 0.389 e. The SMILES string of the molecule is CC(C)CC(O)/C=C\CCc1ccccc1. The van der Waals surface area contributed by atoms with Crippen molar-refractivity contribution in [1.29, 1.82) is 0 Å². The van der Waals surface area contributed by atoms with E-state index in [0.29, 0.717) is 5.92 Å². The lowest BCUT2D eigenvalue weighted by Gasteiger charge is -2.07. The Morgan fingerprint density at radius 1 is 1.19 bits per heavy atom. The van der Waals surface area contributed by atoms with Crippen molar-refractivity contribution in [3.63, 3.8) is 0 Å². The van der Waals surface area contributed by atoms with Crippen LogP contribution in [0.3, 0.4) is 0 Å². The molecular formula is C15H22O. The Morgan fingerprint density at radius 3 is 2.50 bits per heavy atom. The van der Waals surface area contributed by atoms with Crippen molar-refractivity contribution in [3.8, 4) is 0 Å². The summed E-state index contributed by atoms with van der Waals surface area (Å²) >= 11 is 0. The average Bonchev–Trinajstić information content (AvgIpc) is 2.25. The summed E-state index contributed by atoms with van der Waals surface area (Å²) in [4.78, 5) is 0. The van der Waals surface area contributed by atoms with Crippen LogP contribution in [-0.4, -0.2) is 11.2 Å². The Morgan fingerprint density at radius 2 is 1.88 bits per heavy atom. The molecule has 0 bridgehead atoms. The van der Waals surface area contributed by atoms with E-state index in [1.165, 1.54) is 5.56 Å². The lowest BCUT2D eigenvalue weighted by atomic mass is 10.0. The molecule has 16 heavy (non-hydrogen) atoms. The summed E-state index contributed by atoms with van der Waals surface area (Å²) < 4.78 is 0. The van der Waals surface area contributed by atoms with E-state index < -0.39 is 0 Å². The Labute approximate surface area is 98.8 Å². The molecule has 1 aromatic rings. The minimum atomic E-state index is -0.282. The Balaban J connectivity index is 2.22. The van der Waals surface area contributed by atoms with Crippen molar-refractivity contribution in [2.45, 2.75) is 39.2 Å². The summed E-state index contributed by atoms with van der Waals surface area (Å²) in [7, 11) is 0. The van der Waals surface area contributed by atoms with Crippen LogP contribution in [0, 0.1) is 5.92 Å². The molecule has 1 aromatic carbocycles. The molecule has 0 saturated carbocycles. The summed E-state index contributed by atoms with van der Waals surface area (Å²) in [5.41, 5.74) is 1.35. The zero-order valence-corrected chi connectivity index (χ0v) is 10.3. The van der Waals surface area contributed by atoms with Gasteiger partial charge >= 0.3 is 0 Å². The van der Waals surface area contributed by atoms with Crippen LogP contribution < -0.4 is 0 Å². The Kier molecular flexibility index (Phi) is 5.87. The summed E-state index contributed by atoms with van der Waals surface area (Å²) in [6, 6.07) is 10.4. The zero-order chi connectivity index (χ0) is 11.8. The molecule has 88 valence electrons. The average molecular weight is 218 g/mol. The second-order valence-corrected chi connectivity index (χ2v) is 4.65. The third kappa shape index (κ3) is 5.72. The van der Waals surface area contributed by atoms with Crippen LogP contribution in [0.5, 0.6) is 0 Å². The van der Waals surface area contributed by atoms with Crippen molar-refractivity contribution in [1.82, 2.24) is 0 Å². The predicted molar refractivity (Wildman–Crippen MR) is 69.4 cm³/mol. The topological polar surface area (TPSA) is 20.2 Å². The van der Waals surface area contributed by atoms with Crippen LogP contribution in [0.25, 0.3) is 0 Å². The smallest absolute Gasteiger partial charge is 0.0723 e. The van der Waals surface area contributed by atoms with Gasteiger partial charge in [0, 0.05) is 0 Å². The number of allylic oxidation sites excluding steroid dienone is 1. The molecular weight excluding hydrogens is 196 g/mol. The fourth-order valence-corrected chi connectivity index (χ4v) is 1.71. The van der Waals surface area contributed by atoms with Crippen LogP contribution in [-0.2, 0) is 6.42 Å². The molecule has 0 aliphatic heterocycles. The quantitative estimate of drug-likeness (QED) is 0.724. The molecule has 1 rings (SSSR count). The first-order chi connectivity index (χ1) is 7.68. The third-order valence-electron chi connectivity index (χ3n) is 2.51. The second kappa shape index (κ2) is 7.24. The standard InChI is InChI=1S/C15H22O/c1-13(2)12-15(16)11-7-6-10-14-8-4-3-5-9-14/h3-5,7-9,11,13,15-16H,6,10,12H2,1-2H3/b11-7-. The first-order valence-electron chi connectivity index (χ1n) is 6.07. The lowest BCUT2D eigenvalue weighted by molar-refractivity contribution is 0.194. The summed E-state index contributed by atoms with van der Waals surface area (Å²) in [6.07, 6.45) is 6.62. The predicted octanol–water partition coefficient (Wildman–Crippen LogP) is 3.58. The molecule has 0 aliphatic rings. The molecule has 0 heterocycles. The van der Waals surface area contributed by atoms with E-state index in [2.05, 4.69) is 44.2 Å². The molecule has 0 radical (unpaired) electrons. The number of benzene rings is 1. The van der Waals surface area contributed by atoms with Crippen LogP contribution in [0.4, 0.5) is 0 Å². The Bertz CT molecular complexity index is 300. The van der Waals surface area contributed by atoms with Gasteiger partial charge < -0.3 is 5.11 Å². The van der Waals surface area contributed by atoms with Gasteiger partial charge in [-0.2, -0.15) is 0 Å². The van der Waals surface area contributed by atoms with Crippen molar-refractivity contribution in [3.05, 3.63) is 48.0 Å². The van der Waals surface area contributed by atoms with E-state index in [-0.39, 0.29) is 6.10 Å². The Hall–Kier alpha value is -1.08. The van der Waals surface area contributed by atoms with Gasteiger partial charge in [0.1, 0.15) is 0 Å². The molecule has 0 spiro atoms. The first-order valence-corrected chi connectivity index (χ1v) is 6.07.